The first-order chi connectivity index (χ1) is 9.91. The van der Waals surface area contributed by atoms with E-state index in [9.17, 15) is 18.0 Å². The van der Waals surface area contributed by atoms with Crippen LogP contribution in [-0.4, -0.2) is 15.9 Å². The summed E-state index contributed by atoms with van der Waals surface area (Å²) in [6, 6.07) is 4.37. The number of hydrogen-bond donors (Lipinski definition) is 2. The summed E-state index contributed by atoms with van der Waals surface area (Å²) in [5.41, 5.74) is -0.786. The molecular weight excluding hydrogens is 364 g/mol. The Morgan fingerprint density at radius 1 is 1.18 bits per heavy atom. The summed E-state index contributed by atoms with van der Waals surface area (Å²) in [6.07, 6.45) is -5.68. The Morgan fingerprint density at radius 3 is 2.23 bits per heavy atom. The van der Waals surface area contributed by atoms with E-state index >= 15 is 0 Å². The summed E-state index contributed by atoms with van der Waals surface area (Å²) in [7, 11) is 0. The second-order valence-corrected chi connectivity index (χ2v) is 7.23. The number of hydrogen-bond acceptors (Lipinski definition) is 2. The molecule has 0 saturated carbocycles. The molecule has 2 N–H and O–H groups in total. The molecule has 1 atom stereocenters. The first kappa shape index (κ1) is 19.2. The number of benzene rings is 1. The molecule has 124 valence electrons. The van der Waals surface area contributed by atoms with Gasteiger partial charge in [-0.15, -0.1) is 0 Å². The molecule has 1 aromatic carbocycles. The fourth-order valence-electron chi connectivity index (χ4n) is 1.46. The van der Waals surface area contributed by atoms with Gasteiger partial charge in [0.1, 0.15) is 6.17 Å². The molecule has 1 amide bonds. The fraction of sp³-hybridized carbons (Fsp3) is 0.462. The Bertz CT molecular complexity index is 530. The molecule has 0 unspecified atom stereocenters. The molecule has 0 radical (unpaired) electrons. The average Bonchev–Trinajstić information content (AvgIpc) is 2.36. The van der Waals surface area contributed by atoms with Crippen molar-refractivity contribution in [2.45, 2.75) is 30.0 Å². The number of carbonyl (C=O) groups is 1. The van der Waals surface area contributed by atoms with Crippen molar-refractivity contribution in [2.24, 2.45) is 5.92 Å². The van der Waals surface area contributed by atoms with Crippen LogP contribution in [0.25, 0.3) is 0 Å². The Morgan fingerprint density at radius 2 is 1.77 bits per heavy atom. The van der Waals surface area contributed by atoms with Crippen molar-refractivity contribution < 1.29 is 18.0 Å². The molecule has 0 aliphatic heterocycles. The number of nitrogens with one attached hydrogen (secondary N) is 2. The highest BCUT2D eigenvalue weighted by molar-refractivity contribution is 6.68. The standard InChI is InChI=1S/C13H14Cl3F3N2O/c1-7(2)10(22)21-11(12(14,15)16)20-9-5-3-4-8(6-9)13(17,18)19/h3-7,11,20H,1-2H3,(H,21,22)/t11-/m0/s1. The summed E-state index contributed by atoms with van der Waals surface area (Å²) in [4.78, 5) is 11.7. The number of carbonyl (C=O) groups excluding carboxylic acids is 1. The minimum atomic E-state index is -4.49. The van der Waals surface area contributed by atoms with Gasteiger partial charge in [-0.1, -0.05) is 54.7 Å². The Hall–Kier alpha value is -0.850. The highest BCUT2D eigenvalue weighted by Gasteiger charge is 2.35. The third kappa shape index (κ3) is 5.74. The second-order valence-electron chi connectivity index (χ2n) is 4.86. The second kappa shape index (κ2) is 7.15. The van der Waals surface area contributed by atoms with Gasteiger partial charge in [-0.25, -0.2) is 0 Å². The lowest BCUT2D eigenvalue weighted by molar-refractivity contribution is -0.137. The van der Waals surface area contributed by atoms with Crippen molar-refractivity contribution >= 4 is 46.4 Å². The Balaban J connectivity index is 2.98. The lowest BCUT2D eigenvalue weighted by Gasteiger charge is -2.28. The molecule has 1 aromatic rings. The molecule has 0 aliphatic rings. The van der Waals surface area contributed by atoms with Gasteiger partial charge >= 0.3 is 6.18 Å². The van der Waals surface area contributed by atoms with Crippen molar-refractivity contribution in [1.82, 2.24) is 5.32 Å². The molecule has 22 heavy (non-hydrogen) atoms. The topological polar surface area (TPSA) is 41.1 Å². The summed E-state index contributed by atoms with van der Waals surface area (Å²) in [6.45, 7) is 3.27. The maximum absolute atomic E-state index is 12.7. The largest absolute Gasteiger partial charge is 0.416 e. The van der Waals surface area contributed by atoms with E-state index in [0.717, 1.165) is 12.1 Å². The minimum Gasteiger partial charge on any atom is -0.362 e. The average molecular weight is 378 g/mol. The number of rotatable bonds is 4. The first-order valence-electron chi connectivity index (χ1n) is 6.22. The van der Waals surface area contributed by atoms with Gasteiger partial charge in [0.05, 0.1) is 5.56 Å². The van der Waals surface area contributed by atoms with Gasteiger partial charge in [-0.2, -0.15) is 13.2 Å². The van der Waals surface area contributed by atoms with E-state index in [2.05, 4.69) is 10.6 Å². The zero-order chi connectivity index (χ0) is 17.1. The summed E-state index contributed by atoms with van der Waals surface area (Å²) in [5, 5.41) is 5.03. The van der Waals surface area contributed by atoms with E-state index in [-0.39, 0.29) is 11.6 Å². The predicted molar refractivity (Wildman–Crippen MR) is 82.1 cm³/mol. The predicted octanol–water partition coefficient (Wildman–Crippen LogP) is 4.59. The van der Waals surface area contributed by atoms with Crippen LogP contribution >= 0.6 is 34.8 Å². The molecule has 1 rings (SSSR count). The first-order valence-corrected chi connectivity index (χ1v) is 7.35. The molecule has 9 heteroatoms. The van der Waals surface area contributed by atoms with Crippen LogP contribution in [0.1, 0.15) is 19.4 Å². The van der Waals surface area contributed by atoms with Gasteiger partial charge < -0.3 is 10.6 Å². The molecule has 0 aliphatic carbocycles. The maximum Gasteiger partial charge on any atom is 0.416 e. The van der Waals surface area contributed by atoms with E-state index in [0.29, 0.717) is 0 Å². The normalized spacial score (nSPS) is 13.9. The number of alkyl halides is 6. The molecular formula is C13H14Cl3F3N2O. The van der Waals surface area contributed by atoms with Crippen LogP contribution in [0.2, 0.25) is 0 Å². The van der Waals surface area contributed by atoms with Crippen LogP contribution in [0.5, 0.6) is 0 Å². The zero-order valence-corrected chi connectivity index (χ0v) is 13.9. The SMILES string of the molecule is CC(C)C(=O)N[C@H](Nc1cccc(C(F)(F)F)c1)C(Cl)(Cl)Cl. The van der Waals surface area contributed by atoms with Crippen LogP contribution in [0, 0.1) is 5.92 Å². The van der Waals surface area contributed by atoms with Crippen molar-refractivity contribution in [3.05, 3.63) is 29.8 Å². The quantitative estimate of drug-likeness (QED) is 0.595. The number of halogens is 6. The number of amides is 1. The molecule has 0 spiro atoms. The molecule has 3 nitrogen and oxygen atoms in total. The van der Waals surface area contributed by atoms with Crippen LogP contribution < -0.4 is 10.6 Å². The highest BCUT2D eigenvalue weighted by Crippen LogP contribution is 2.33. The van der Waals surface area contributed by atoms with Gasteiger partial charge in [-0.05, 0) is 18.2 Å². The molecule has 0 saturated heterocycles. The zero-order valence-electron chi connectivity index (χ0n) is 11.6. The van der Waals surface area contributed by atoms with Crippen molar-refractivity contribution in [1.29, 1.82) is 0 Å². The Kier molecular flexibility index (Phi) is 6.24. The van der Waals surface area contributed by atoms with Crippen molar-refractivity contribution in [3.8, 4) is 0 Å². The summed E-state index contributed by atoms with van der Waals surface area (Å²) < 4.78 is 36.1. The lowest BCUT2D eigenvalue weighted by Crippen LogP contribution is -2.50. The number of anilines is 1. The minimum absolute atomic E-state index is 0.0650. The van der Waals surface area contributed by atoms with Gasteiger partial charge in [0, 0.05) is 11.6 Å². The highest BCUT2D eigenvalue weighted by atomic mass is 35.6. The van der Waals surface area contributed by atoms with Crippen LogP contribution in [0.4, 0.5) is 18.9 Å². The van der Waals surface area contributed by atoms with E-state index in [1.165, 1.54) is 12.1 Å². The van der Waals surface area contributed by atoms with E-state index in [4.69, 9.17) is 34.8 Å². The van der Waals surface area contributed by atoms with Gasteiger partial charge in [0.15, 0.2) is 0 Å². The van der Waals surface area contributed by atoms with Gasteiger partial charge in [0.25, 0.3) is 0 Å². The maximum atomic E-state index is 12.7. The third-order valence-corrected chi connectivity index (χ3v) is 3.29. The van der Waals surface area contributed by atoms with Crippen LogP contribution in [0.3, 0.4) is 0 Å². The molecule has 0 fully saturated rings. The van der Waals surface area contributed by atoms with Gasteiger partial charge in [-0.3, -0.25) is 4.79 Å². The molecule has 0 bridgehead atoms. The third-order valence-electron chi connectivity index (χ3n) is 2.64. The summed E-state index contributed by atoms with van der Waals surface area (Å²) in [5.74, 6) is -0.783. The van der Waals surface area contributed by atoms with Crippen LogP contribution in [0.15, 0.2) is 24.3 Å². The van der Waals surface area contributed by atoms with Gasteiger partial charge in [0.2, 0.25) is 9.70 Å². The smallest absolute Gasteiger partial charge is 0.362 e. The van der Waals surface area contributed by atoms with Crippen LogP contribution in [-0.2, 0) is 11.0 Å². The monoisotopic (exact) mass is 376 g/mol. The van der Waals surface area contributed by atoms with E-state index in [1.54, 1.807) is 13.8 Å². The molecule has 0 heterocycles. The molecule has 0 aromatic heterocycles. The van der Waals surface area contributed by atoms with Crippen molar-refractivity contribution in [3.63, 3.8) is 0 Å². The fourth-order valence-corrected chi connectivity index (χ4v) is 1.79. The van der Waals surface area contributed by atoms with E-state index < -0.39 is 27.6 Å². The summed E-state index contributed by atoms with van der Waals surface area (Å²) >= 11 is 17.3. The van der Waals surface area contributed by atoms with E-state index in [1.807, 2.05) is 0 Å². The lowest BCUT2D eigenvalue weighted by atomic mass is 10.2. The van der Waals surface area contributed by atoms with Crippen molar-refractivity contribution in [2.75, 3.05) is 5.32 Å². The Labute approximate surface area is 141 Å².